The van der Waals surface area contributed by atoms with Crippen LogP contribution in [-0.2, 0) is 0 Å². The van der Waals surface area contributed by atoms with E-state index in [1.54, 1.807) is 0 Å². The lowest BCUT2D eigenvalue weighted by Gasteiger charge is -2.17. The van der Waals surface area contributed by atoms with E-state index in [1.807, 2.05) is 13.8 Å². The maximum atomic E-state index is 4.35. The Kier molecular flexibility index (Phi) is 4.58. The number of aromatic nitrogens is 1. The van der Waals surface area contributed by atoms with Gasteiger partial charge in [0, 0.05) is 27.9 Å². The van der Waals surface area contributed by atoms with Crippen LogP contribution in [0.4, 0.5) is 5.69 Å². The van der Waals surface area contributed by atoms with Crippen molar-refractivity contribution in [3.8, 4) is 0 Å². The molecule has 0 amide bonds. The van der Waals surface area contributed by atoms with Crippen molar-refractivity contribution < 1.29 is 0 Å². The number of rotatable bonds is 4. The van der Waals surface area contributed by atoms with Gasteiger partial charge in [-0.25, -0.2) is 0 Å². The van der Waals surface area contributed by atoms with Gasteiger partial charge in [-0.15, -0.1) is 0 Å². The first kappa shape index (κ1) is 12.5. The summed E-state index contributed by atoms with van der Waals surface area (Å²) in [4.78, 5) is 4.90. The summed E-state index contributed by atoms with van der Waals surface area (Å²) in [5.74, 6) is 0. The van der Waals surface area contributed by atoms with Crippen molar-refractivity contribution in [2.75, 3.05) is 5.32 Å². The van der Waals surface area contributed by atoms with Crippen LogP contribution in [0.5, 0.6) is 0 Å². The molecule has 84 valence electrons. The first-order chi connectivity index (χ1) is 6.97. The van der Waals surface area contributed by atoms with Crippen molar-refractivity contribution in [1.29, 1.82) is 0 Å². The van der Waals surface area contributed by atoms with Crippen molar-refractivity contribution in [1.82, 2.24) is 4.98 Å². The van der Waals surface area contributed by atoms with Crippen molar-refractivity contribution in [3.05, 3.63) is 23.5 Å². The third-order valence-corrected chi connectivity index (χ3v) is 2.55. The highest BCUT2D eigenvalue weighted by Crippen LogP contribution is 2.15. The van der Waals surface area contributed by atoms with E-state index in [1.165, 1.54) is 5.69 Å². The van der Waals surface area contributed by atoms with Crippen LogP contribution in [0.3, 0.4) is 0 Å². The molecule has 3 heteroatoms. The Labute approximate surface area is 101 Å². The van der Waals surface area contributed by atoms with Crippen LogP contribution in [0, 0.1) is 13.8 Å². The fourth-order valence-electron chi connectivity index (χ4n) is 1.75. The molecule has 15 heavy (non-hydrogen) atoms. The second-order valence-electron chi connectivity index (χ2n) is 4.20. The van der Waals surface area contributed by atoms with E-state index < -0.39 is 0 Å². The molecule has 0 spiro atoms. The topological polar surface area (TPSA) is 24.9 Å². The maximum Gasteiger partial charge on any atom is 0.0396 e. The molecule has 1 N–H and O–H groups in total. The average molecular weight is 271 g/mol. The zero-order valence-electron chi connectivity index (χ0n) is 9.84. The molecule has 1 aromatic rings. The molecule has 1 heterocycles. The standard InChI is InChI=1S/C12H19BrN2/c1-8(13)5-9(2)15-12-6-10(3)14-11(4)7-12/h6-9H,5H2,1-4H3,(H,14,15). The van der Waals surface area contributed by atoms with Gasteiger partial charge in [-0.05, 0) is 39.3 Å². The quantitative estimate of drug-likeness (QED) is 0.845. The van der Waals surface area contributed by atoms with E-state index >= 15 is 0 Å². The summed E-state index contributed by atoms with van der Waals surface area (Å²) < 4.78 is 0. The molecule has 1 rings (SSSR count). The number of anilines is 1. The molecule has 2 unspecified atom stereocenters. The zero-order chi connectivity index (χ0) is 11.4. The number of halogens is 1. The van der Waals surface area contributed by atoms with Gasteiger partial charge in [0.25, 0.3) is 0 Å². The van der Waals surface area contributed by atoms with Crippen LogP contribution in [0.2, 0.25) is 0 Å². The molecule has 2 nitrogen and oxygen atoms in total. The molecular formula is C12H19BrN2. The lowest BCUT2D eigenvalue weighted by molar-refractivity contribution is 0.708. The summed E-state index contributed by atoms with van der Waals surface area (Å²) in [6.07, 6.45) is 1.11. The maximum absolute atomic E-state index is 4.35. The van der Waals surface area contributed by atoms with E-state index in [-0.39, 0.29) is 0 Å². The Hall–Kier alpha value is -0.570. The van der Waals surface area contributed by atoms with E-state index in [0.29, 0.717) is 10.9 Å². The van der Waals surface area contributed by atoms with E-state index in [4.69, 9.17) is 0 Å². The SMILES string of the molecule is Cc1cc(NC(C)CC(C)Br)cc(C)n1. The first-order valence-corrected chi connectivity index (χ1v) is 6.25. The number of alkyl halides is 1. The van der Waals surface area contributed by atoms with Gasteiger partial charge in [-0.1, -0.05) is 22.9 Å². The molecule has 0 bridgehead atoms. The third kappa shape index (κ3) is 4.65. The smallest absolute Gasteiger partial charge is 0.0396 e. The van der Waals surface area contributed by atoms with Gasteiger partial charge in [-0.3, -0.25) is 4.98 Å². The minimum atomic E-state index is 0.473. The van der Waals surface area contributed by atoms with Gasteiger partial charge in [0.05, 0.1) is 0 Å². The molecule has 1 aromatic heterocycles. The van der Waals surface area contributed by atoms with Crippen LogP contribution in [0.15, 0.2) is 12.1 Å². The summed E-state index contributed by atoms with van der Waals surface area (Å²) in [5.41, 5.74) is 3.30. The number of nitrogens with one attached hydrogen (secondary N) is 1. The summed E-state index contributed by atoms with van der Waals surface area (Å²) >= 11 is 3.56. The molecule has 0 saturated heterocycles. The number of pyridine rings is 1. The second-order valence-corrected chi connectivity index (χ2v) is 5.76. The Morgan fingerprint density at radius 2 is 1.80 bits per heavy atom. The van der Waals surface area contributed by atoms with Crippen molar-refractivity contribution in [3.63, 3.8) is 0 Å². The number of aryl methyl sites for hydroxylation is 2. The van der Waals surface area contributed by atoms with Gasteiger partial charge in [0.2, 0.25) is 0 Å². The fraction of sp³-hybridized carbons (Fsp3) is 0.583. The van der Waals surface area contributed by atoms with Crippen LogP contribution < -0.4 is 5.32 Å². The molecule has 0 fully saturated rings. The Morgan fingerprint density at radius 3 is 2.27 bits per heavy atom. The van der Waals surface area contributed by atoms with Crippen LogP contribution in [0.1, 0.15) is 31.7 Å². The highest BCUT2D eigenvalue weighted by Gasteiger charge is 2.06. The summed E-state index contributed by atoms with van der Waals surface area (Å²) in [5, 5.41) is 3.48. The largest absolute Gasteiger partial charge is 0.382 e. The highest BCUT2D eigenvalue weighted by molar-refractivity contribution is 9.09. The average Bonchev–Trinajstić information content (AvgIpc) is 1.98. The van der Waals surface area contributed by atoms with Gasteiger partial charge in [0.1, 0.15) is 0 Å². The number of nitrogens with zero attached hydrogens (tertiary/aromatic N) is 1. The molecule has 0 aliphatic carbocycles. The van der Waals surface area contributed by atoms with Crippen LogP contribution in [0.25, 0.3) is 0 Å². The minimum Gasteiger partial charge on any atom is -0.382 e. The summed E-state index contributed by atoms with van der Waals surface area (Å²) in [6.45, 7) is 8.41. The molecule has 0 aliphatic heterocycles. The van der Waals surface area contributed by atoms with Gasteiger partial charge in [-0.2, -0.15) is 0 Å². The third-order valence-electron chi connectivity index (χ3n) is 2.17. The molecule has 0 saturated carbocycles. The van der Waals surface area contributed by atoms with Gasteiger partial charge < -0.3 is 5.32 Å². The fourth-order valence-corrected chi connectivity index (χ4v) is 2.31. The van der Waals surface area contributed by atoms with Crippen molar-refractivity contribution >= 4 is 21.6 Å². The summed E-state index contributed by atoms with van der Waals surface area (Å²) in [7, 11) is 0. The van der Waals surface area contributed by atoms with Gasteiger partial charge >= 0.3 is 0 Å². The van der Waals surface area contributed by atoms with E-state index in [0.717, 1.165) is 17.8 Å². The molecule has 0 radical (unpaired) electrons. The molecule has 0 aromatic carbocycles. The zero-order valence-corrected chi connectivity index (χ0v) is 11.4. The normalized spacial score (nSPS) is 14.7. The summed E-state index contributed by atoms with van der Waals surface area (Å²) in [6, 6.07) is 4.64. The Bertz CT molecular complexity index is 303. The predicted molar refractivity (Wildman–Crippen MR) is 69.8 cm³/mol. The van der Waals surface area contributed by atoms with Crippen molar-refractivity contribution in [2.45, 2.75) is 45.0 Å². The number of hydrogen-bond donors (Lipinski definition) is 1. The second kappa shape index (κ2) is 5.50. The Morgan fingerprint density at radius 1 is 1.27 bits per heavy atom. The first-order valence-electron chi connectivity index (χ1n) is 5.33. The Balaban J connectivity index is 2.63. The predicted octanol–water partition coefficient (Wildman–Crippen LogP) is 3.67. The van der Waals surface area contributed by atoms with Crippen LogP contribution in [-0.4, -0.2) is 15.9 Å². The number of hydrogen-bond acceptors (Lipinski definition) is 2. The monoisotopic (exact) mass is 270 g/mol. The highest BCUT2D eigenvalue weighted by atomic mass is 79.9. The van der Waals surface area contributed by atoms with E-state index in [2.05, 4.69) is 52.2 Å². The van der Waals surface area contributed by atoms with Gasteiger partial charge in [0.15, 0.2) is 0 Å². The van der Waals surface area contributed by atoms with E-state index in [9.17, 15) is 0 Å². The van der Waals surface area contributed by atoms with Crippen molar-refractivity contribution in [2.24, 2.45) is 0 Å². The molecule has 2 atom stereocenters. The lowest BCUT2D eigenvalue weighted by atomic mass is 10.2. The lowest BCUT2D eigenvalue weighted by Crippen LogP contribution is -2.18. The van der Waals surface area contributed by atoms with Crippen LogP contribution >= 0.6 is 15.9 Å². The molecular weight excluding hydrogens is 252 g/mol. The molecule has 0 aliphatic rings. The minimum absolute atomic E-state index is 0.473.